The third-order valence-electron chi connectivity index (χ3n) is 6.18. The van der Waals surface area contributed by atoms with Gasteiger partial charge in [-0.1, -0.05) is 26.8 Å². The lowest BCUT2D eigenvalue weighted by Gasteiger charge is -2.62. The smallest absolute Gasteiger partial charge is 0.236 e. The van der Waals surface area contributed by atoms with Crippen LogP contribution < -0.4 is 5.32 Å². The molecule has 3 nitrogen and oxygen atoms in total. The van der Waals surface area contributed by atoms with Crippen LogP contribution in [0.15, 0.2) is 28.2 Å². The van der Waals surface area contributed by atoms with Crippen molar-refractivity contribution in [1.29, 1.82) is 0 Å². The summed E-state index contributed by atoms with van der Waals surface area (Å²) >= 11 is 1.67. The van der Waals surface area contributed by atoms with Crippen LogP contribution in [-0.2, 0) is 6.54 Å². The highest BCUT2D eigenvalue weighted by Crippen LogP contribution is 2.61. The average Bonchev–Trinajstić information content (AvgIpc) is 3.16. The van der Waals surface area contributed by atoms with Gasteiger partial charge in [-0.3, -0.25) is 0 Å². The molecular formula is C18H24N2OS. The van der Waals surface area contributed by atoms with Crippen molar-refractivity contribution in [3.63, 3.8) is 0 Å². The Morgan fingerprint density at radius 1 is 1.41 bits per heavy atom. The van der Waals surface area contributed by atoms with Gasteiger partial charge >= 0.3 is 0 Å². The van der Waals surface area contributed by atoms with E-state index in [1.165, 1.54) is 12.8 Å². The third-order valence-corrected chi connectivity index (χ3v) is 7.04. The Kier molecular flexibility index (Phi) is 3.42. The van der Waals surface area contributed by atoms with Gasteiger partial charge in [0.25, 0.3) is 0 Å². The maximum Gasteiger partial charge on any atom is 0.236 e. The second-order valence-corrected chi connectivity index (χ2v) is 8.51. The van der Waals surface area contributed by atoms with Crippen LogP contribution >= 0.6 is 11.3 Å². The number of nitrogens with one attached hydrogen (secondary N) is 1. The largest absolute Gasteiger partial charge is 0.444 e. The second kappa shape index (κ2) is 5.20. The molecule has 3 saturated carbocycles. The van der Waals surface area contributed by atoms with Crippen molar-refractivity contribution >= 4 is 11.3 Å². The molecule has 2 heterocycles. The van der Waals surface area contributed by atoms with Crippen molar-refractivity contribution in [2.45, 2.75) is 46.2 Å². The minimum atomic E-state index is 0.553. The fraction of sp³-hybridized carbons (Fsp3) is 0.611. The lowest BCUT2D eigenvalue weighted by Crippen LogP contribution is -2.59. The SMILES string of the molecule is C[C@H]1C(NCc2coc(-c3cccs3)n2)C[C@@H]2C[C@H]1C2(C)C. The zero-order chi connectivity index (χ0) is 15.3. The Balaban J connectivity index is 1.38. The highest BCUT2D eigenvalue weighted by molar-refractivity contribution is 7.13. The second-order valence-electron chi connectivity index (χ2n) is 7.56. The number of hydrogen-bond donors (Lipinski definition) is 1. The molecule has 0 spiro atoms. The van der Waals surface area contributed by atoms with E-state index in [-0.39, 0.29) is 0 Å². The number of hydrogen-bond acceptors (Lipinski definition) is 4. The summed E-state index contributed by atoms with van der Waals surface area (Å²) < 4.78 is 5.60. The lowest BCUT2D eigenvalue weighted by atomic mass is 9.45. The number of oxazole rings is 1. The van der Waals surface area contributed by atoms with Crippen LogP contribution in [0.3, 0.4) is 0 Å². The average molecular weight is 316 g/mol. The normalized spacial score (nSPS) is 32.7. The first-order valence-electron chi connectivity index (χ1n) is 8.27. The number of fused-ring (bicyclic) bond motifs is 2. The Bertz CT molecular complexity index is 646. The van der Waals surface area contributed by atoms with Crippen LogP contribution in [0.25, 0.3) is 10.8 Å². The number of aromatic nitrogens is 1. The molecule has 3 fully saturated rings. The summed E-state index contributed by atoms with van der Waals surface area (Å²) in [5.41, 5.74) is 1.56. The van der Waals surface area contributed by atoms with Crippen molar-refractivity contribution in [2.24, 2.45) is 23.2 Å². The van der Waals surface area contributed by atoms with E-state index in [4.69, 9.17) is 4.42 Å². The lowest BCUT2D eigenvalue weighted by molar-refractivity contribution is -0.115. The van der Waals surface area contributed by atoms with E-state index in [2.05, 4.69) is 36.5 Å². The van der Waals surface area contributed by atoms with Crippen LogP contribution in [0.1, 0.15) is 39.3 Å². The summed E-state index contributed by atoms with van der Waals surface area (Å²) in [6.07, 6.45) is 4.53. The van der Waals surface area contributed by atoms with Gasteiger partial charge in [0.1, 0.15) is 6.26 Å². The molecule has 2 bridgehead atoms. The van der Waals surface area contributed by atoms with Crippen LogP contribution in [0.4, 0.5) is 0 Å². The van der Waals surface area contributed by atoms with E-state index in [0.717, 1.165) is 40.8 Å². The molecule has 1 unspecified atom stereocenters. The quantitative estimate of drug-likeness (QED) is 0.898. The Morgan fingerprint density at radius 3 is 2.95 bits per heavy atom. The van der Waals surface area contributed by atoms with Crippen molar-refractivity contribution in [3.05, 3.63) is 29.5 Å². The summed E-state index contributed by atoms with van der Waals surface area (Å²) in [6, 6.07) is 4.70. The molecule has 118 valence electrons. The highest BCUT2D eigenvalue weighted by Gasteiger charge is 2.55. The van der Waals surface area contributed by atoms with Gasteiger partial charge in [-0.15, -0.1) is 11.3 Å². The van der Waals surface area contributed by atoms with Gasteiger partial charge in [-0.05, 0) is 47.5 Å². The van der Waals surface area contributed by atoms with Crippen molar-refractivity contribution in [2.75, 3.05) is 0 Å². The van der Waals surface area contributed by atoms with E-state index in [1.54, 1.807) is 17.6 Å². The third kappa shape index (κ3) is 2.24. The molecule has 3 aliphatic rings. The van der Waals surface area contributed by atoms with Crippen molar-refractivity contribution in [1.82, 2.24) is 10.3 Å². The first-order chi connectivity index (χ1) is 10.6. The molecule has 2 aromatic heterocycles. The first kappa shape index (κ1) is 14.5. The van der Waals surface area contributed by atoms with E-state index in [9.17, 15) is 0 Å². The summed E-state index contributed by atoms with van der Waals surface area (Å²) in [6.45, 7) is 8.12. The molecule has 0 aliphatic heterocycles. The molecule has 0 saturated heterocycles. The predicted octanol–water partition coefficient (Wildman–Crippen LogP) is 4.56. The fourth-order valence-electron chi connectivity index (χ4n) is 4.56. The highest BCUT2D eigenvalue weighted by atomic mass is 32.1. The van der Waals surface area contributed by atoms with Gasteiger partial charge in [0.05, 0.1) is 10.6 Å². The molecule has 0 radical (unpaired) electrons. The minimum Gasteiger partial charge on any atom is -0.444 e. The van der Waals surface area contributed by atoms with E-state index in [0.29, 0.717) is 11.5 Å². The zero-order valence-corrected chi connectivity index (χ0v) is 14.3. The molecular weight excluding hydrogens is 292 g/mol. The molecule has 5 rings (SSSR count). The molecule has 4 heteroatoms. The van der Waals surface area contributed by atoms with Gasteiger partial charge in [0.15, 0.2) is 0 Å². The first-order valence-corrected chi connectivity index (χ1v) is 9.15. The number of nitrogens with zero attached hydrogens (tertiary/aromatic N) is 1. The van der Waals surface area contributed by atoms with Crippen LogP contribution in [0.5, 0.6) is 0 Å². The standard InChI is InChI=1S/C18H24N2OS/c1-11-14-7-12(18(14,2)3)8-15(11)19-9-13-10-21-17(20-13)16-5-4-6-22-16/h4-6,10-12,14-15,19H,7-9H2,1-3H3/t11-,12+,14-,15?/m1/s1. The summed E-state index contributed by atoms with van der Waals surface area (Å²) in [5, 5.41) is 5.78. The van der Waals surface area contributed by atoms with Gasteiger partial charge in [0.2, 0.25) is 5.89 Å². The number of rotatable bonds is 4. The summed E-state index contributed by atoms with van der Waals surface area (Å²) in [5.74, 6) is 3.27. The molecule has 1 N–H and O–H groups in total. The van der Waals surface area contributed by atoms with Crippen LogP contribution in [-0.4, -0.2) is 11.0 Å². The fourth-order valence-corrected chi connectivity index (χ4v) is 5.21. The van der Waals surface area contributed by atoms with E-state index >= 15 is 0 Å². The van der Waals surface area contributed by atoms with E-state index in [1.807, 2.05) is 12.1 Å². The number of thiophene rings is 1. The Hall–Kier alpha value is -1.13. The van der Waals surface area contributed by atoms with Crippen molar-refractivity contribution < 1.29 is 4.42 Å². The molecule has 3 aliphatic carbocycles. The topological polar surface area (TPSA) is 38.1 Å². The summed E-state index contributed by atoms with van der Waals surface area (Å²) in [7, 11) is 0. The maximum absolute atomic E-state index is 5.60. The maximum atomic E-state index is 5.60. The molecule has 0 aromatic carbocycles. The Morgan fingerprint density at radius 2 is 2.27 bits per heavy atom. The molecule has 2 aromatic rings. The monoisotopic (exact) mass is 316 g/mol. The van der Waals surface area contributed by atoms with Gasteiger partial charge in [-0.2, -0.15) is 0 Å². The van der Waals surface area contributed by atoms with Gasteiger partial charge < -0.3 is 9.73 Å². The zero-order valence-electron chi connectivity index (χ0n) is 13.5. The van der Waals surface area contributed by atoms with Crippen molar-refractivity contribution in [3.8, 4) is 10.8 Å². The molecule has 4 atom stereocenters. The van der Waals surface area contributed by atoms with Crippen LogP contribution in [0.2, 0.25) is 0 Å². The van der Waals surface area contributed by atoms with Gasteiger partial charge in [0, 0.05) is 12.6 Å². The minimum absolute atomic E-state index is 0.553. The molecule has 22 heavy (non-hydrogen) atoms. The van der Waals surface area contributed by atoms with Gasteiger partial charge in [-0.25, -0.2) is 4.98 Å². The predicted molar refractivity (Wildman–Crippen MR) is 89.6 cm³/mol. The molecule has 0 amide bonds. The Labute approximate surface area is 136 Å². The van der Waals surface area contributed by atoms with Crippen LogP contribution in [0, 0.1) is 23.2 Å². The summed E-state index contributed by atoms with van der Waals surface area (Å²) in [4.78, 5) is 5.70. The van der Waals surface area contributed by atoms with E-state index < -0.39 is 0 Å².